The van der Waals surface area contributed by atoms with Crippen LogP contribution >= 0.6 is 0 Å². The van der Waals surface area contributed by atoms with Crippen LogP contribution in [0.1, 0.15) is 34.0 Å². The Hall–Kier alpha value is -3.27. The van der Waals surface area contributed by atoms with Gasteiger partial charge >= 0.3 is 5.97 Å². The second kappa shape index (κ2) is 6.32. The van der Waals surface area contributed by atoms with Crippen molar-refractivity contribution >= 4 is 11.7 Å². The smallest absolute Gasteiger partial charge is 0.312 e. The molecule has 0 unspecified atom stereocenters. The fraction of sp³-hybridized carbons (Fsp3) is 0.0952. The average molecular weight is 328 g/mol. The Bertz CT molecular complexity index is 978. The monoisotopic (exact) mass is 328 g/mol. The van der Waals surface area contributed by atoms with Crippen molar-refractivity contribution in [1.82, 2.24) is 4.98 Å². The topological polar surface area (TPSA) is 51.5 Å². The summed E-state index contributed by atoms with van der Waals surface area (Å²) in [6.45, 7) is 1.83. The van der Waals surface area contributed by atoms with E-state index < -0.39 is 5.97 Å². The number of aromatic nitrogens is 1. The third-order valence-electron chi connectivity index (χ3n) is 4.37. The molecule has 122 valence electrons. The summed E-state index contributed by atoms with van der Waals surface area (Å²) >= 11 is 0. The average Bonchev–Trinajstić information content (AvgIpc) is 3.04. The SMILES string of the molecule is CC(=NOC(=O)c1cccnc1)c1ccc2c(c1)Cc1ccccc1-2. The van der Waals surface area contributed by atoms with Crippen LogP contribution in [0.15, 0.2) is 72.1 Å². The molecule has 0 amide bonds. The minimum Gasteiger partial charge on any atom is -0.312 e. The molecule has 0 radical (unpaired) electrons. The van der Waals surface area contributed by atoms with E-state index >= 15 is 0 Å². The van der Waals surface area contributed by atoms with Gasteiger partial charge in [0.25, 0.3) is 0 Å². The van der Waals surface area contributed by atoms with E-state index in [-0.39, 0.29) is 0 Å². The van der Waals surface area contributed by atoms with E-state index in [1.807, 2.05) is 13.0 Å². The number of pyridine rings is 1. The first kappa shape index (κ1) is 15.3. The van der Waals surface area contributed by atoms with Crippen LogP contribution in [-0.2, 0) is 11.3 Å². The Balaban J connectivity index is 1.55. The molecule has 0 N–H and O–H groups in total. The first-order chi connectivity index (χ1) is 12.2. The maximum atomic E-state index is 11.9. The van der Waals surface area contributed by atoms with Crippen LogP contribution in [0, 0.1) is 0 Å². The zero-order chi connectivity index (χ0) is 17.2. The second-order valence-electron chi connectivity index (χ2n) is 6.00. The summed E-state index contributed by atoms with van der Waals surface area (Å²) in [5.74, 6) is -0.513. The highest BCUT2D eigenvalue weighted by molar-refractivity contribution is 6.00. The number of hydrogen-bond acceptors (Lipinski definition) is 4. The molecule has 0 bridgehead atoms. The Kier molecular flexibility index (Phi) is 3.86. The van der Waals surface area contributed by atoms with E-state index in [2.05, 4.69) is 46.5 Å². The van der Waals surface area contributed by atoms with Gasteiger partial charge in [-0.15, -0.1) is 0 Å². The molecule has 4 nitrogen and oxygen atoms in total. The second-order valence-corrected chi connectivity index (χ2v) is 6.00. The third-order valence-corrected chi connectivity index (χ3v) is 4.37. The van der Waals surface area contributed by atoms with Gasteiger partial charge in [-0.3, -0.25) is 4.98 Å². The van der Waals surface area contributed by atoms with Gasteiger partial charge in [-0.2, -0.15) is 0 Å². The van der Waals surface area contributed by atoms with Crippen LogP contribution in [0.3, 0.4) is 0 Å². The van der Waals surface area contributed by atoms with Gasteiger partial charge in [0.15, 0.2) is 0 Å². The van der Waals surface area contributed by atoms with E-state index in [0.717, 1.165) is 12.0 Å². The van der Waals surface area contributed by atoms with Gasteiger partial charge < -0.3 is 4.84 Å². The number of carbonyl (C=O) groups is 1. The summed E-state index contributed by atoms with van der Waals surface area (Å²) in [6, 6.07) is 18.0. The fourth-order valence-corrected chi connectivity index (χ4v) is 3.07. The molecule has 0 atom stereocenters. The fourth-order valence-electron chi connectivity index (χ4n) is 3.07. The van der Waals surface area contributed by atoms with Crippen LogP contribution in [0.2, 0.25) is 0 Å². The number of benzene rings is 2. The van der Waals surface area contributed by atoms with Gasteiger partial charge in [-0.1, -0.05) is 41.6 Å². The summed E-state index contributed by atoms with van der Waals surface area (Å²) < 4.78 is 0. The number of rotatable bonds is 3. The minimum absolute atomic E-state index is 0.378. The first-order valence-electron chi connectivity index (χ1n) is 8.10. The molecule has 0 saturated carbocycles. The van der Waals surface area contributed by atoms with Gasteiger partial charge in [0.2, 0.25) is 0 Å². The molecule has 1 heterocycles. The standard InChI is InChI=1S/C21H16N2O2/c1-14(23-25-21(24)17-6-4-10-22-13-17)15-8-9-20-18(11-15)12-16-5-2-3-7-19(16)20/h2-11,13H,12H2,1H3. The number of fused-ring (bicyclic) bond motifs is 3. The Morgan fingerprint density at radius 3 is 2.68 bits per heavy atom. The van der Waals surface area contributed by atoms with Crippen molar-refractivity contribution < 1.29 is 9.63 Å². The lowest BCUT2D eigenvalue weighted by atomic mass is 10.0. The van der Waals surface area contributed by atoms with Gasteiger partial charge in [-0.05, 0) is 59.4 Å². The van der Waals surface area contributed by atoms with E-state index in [4.69, 9.17) is 4.84 Å². The van der Waals surface area contributed by atoms with Crippen molar-refractivity contribution in [2.75, 3.05) is 0 Å². The molecule has 0 aliphatic heterocycles. The predicted molar refractivity (Wildman–Crippen MR) is 96.5 cm³/mol. The van der Waals surface area contributed by atoms with Gasteiger partial charge in [0, 0.05) is 12.4 Å². The number of hydrogen-bond donors (Lipinski definition) is 0. The molecule has 1 aliphatic rings. The lowest BCUT2D eigenvalue weighted by Crippen LogP contribution is -2.04. The molecule has 1 aliphatic carbocycles. The first-order valence-corrected chi connectivity index (χ1v) is 8.10. The molecule has 0 spiro atoms. The van der Waals surface area contributed by atoms with Crippen molar-refractivity contribution in [3.8, 4) is 11.1 Å². The van der Waals surface area contributed by atoms with E-state index in [0.29, 0.717) is 11.3 Å². The lowest BCUT2D eigenvalue weighted by Gasteiger charge is -2.05. The summed E-state index contributed by atoms with van der Waals surface area (Å²) in [7, 11) is 0. The van der Waals surface area contributed by atoms with Crippen LogP contribution in [0.25, 0.3) is 11.1 Å². The Morgan fingerprint density at radius 1 is 1.00 bits per heavy atom. The molecule has 0 saturated heterocycles. The van der Waals surface area contributed by atoms with E-state index in [1.165, 1.54) is 28.5 Å². The highest BCUT2D eigenvalue weighted by Gasteiger charge is 2.18. The quantitative estimate of drug-likeness (QED) is 0.321. The van der Waals surface area contributed by atoms with Crippen LogP contribution in [0.4, 0.5) is 0 Å². The van der Waals surface area contributed by atoms with Crippen molar-refractivity contribution in [2.24, 2.45) is 5.16 Å². The maximum Gasteiger partial charge on any atom is 0.367 e. The molecular formula is C21H16N2O2. The third kappa shape index (κ3) is 2.94. The van der Waals surface area contributed by atoms with Crippen molar-refractivity contribution in [3.63, 3.8) is 0 Å². The highest BCUT2D eigenvalue weighted by Crippen LogP contribution is 2.36. The molecule has 4 rings (SSSR count). The normalized spacial score (nSPS) is 12.4. The van der Waals surface area contributed by atoms with Crippen molar-refractivity contribution in [2.45, 2.75) is 13.3 Å². The maximum absolute atomic E-state index is 11.9. The zero-order valence-corrected chi connectivity index (χ0v) is 13.8. The summed E-state index contributed by atoms with van der Waals surface area (Å²) in [6.07, 6.45) is 3.98. The molecule has 2 aromatic carbocycles. The van der Waals surface area contributed by atoms with E-state index in [9.17, 15) is 4.79 Å². The molecule has 3 aromatic rings. The summed E-state index contributed by atoms with van der Waals surface area (Å²) in [4.78, 5) is 20.9. The van der Waals surface area contributed by atoms with Crippen LogP contribution in [0.5, 0.6) is 0 Å². The lowest BCUT2D eigenvalue weighted by molar-refractivity contribution is 0.0516. The van der Waals surface area contributed by atoms with Crippen molar-refractivity contribution in [3.05, 3.63) is 89.2 Å². The zero-order valence-electron chi connectivity index (χ0n) is 13.8. The highest BCUT2D eigenvalue weighted by atomic mass is 16.7. The Labute approximate surface area is 145 Å². The Morgan fingerprint density at radius 2 is 1.84 bits per heavy atom. The van der Waals surface area contributed by atoms with Gasteiger partial charge in [0.05, 0.1) is 11.3 Å². The summed E-state index contributed by atoms with van der Waals surface area (Å²) in [5.41, 5.74) is 7.16. The largest absolute Gasteiger partial charge is 0.367 e. The number of nitrogens with zero attached hydrogens (tertiary/aromatic N) is 2. The molecular weight excluding hydrogens is 312 g/mol. The number of carbonyl (C=O) groups excluding carboxylic acids is 1. The van der Waals surface area contributed by atoms with Crippen LogP contribution < -0.4 is 0 Å². The van der Waals surface area contributed by atoms with Crippen LogP contribution in [-0.4, -0.2) is 16.7 Å². The van der Waals surface area contributed by atoms with Gasteiger partial charge in [0.1, 0.15) is 0 Å². The molecule has 1 aromatic heterocycles. The minimum atomic E-state index is -0.513. The van der Waals surface area contributed by atoms with Gasteiger partial charge in [-0.25, -0.2) is 4.79 Å². The molecule has 4 heteroatoms. The predicted octanol–water partition coefficient (Wildman–Crippen LogP) is 4.23. The number of oxime groups is 1. The molecule has 0 fully saturated rings. The van der Waals surface area contributed by atoms with E-state index in [1.54, 1.807) is 18.3 Å². The summed E-state index contributed by atoms with van der Waals surface area (Å²) in [5, 5.41) is 3.98. The molecule has 25 heavy (non-hydrogen) atoms. The van der Waals surface area contributed by atoms with Crippen molar-refractivity contribution in [1.29, 1.82) is 0 Å².